The van der Waals surface area contributed by atoms with E-state index in [1.54, 1.807) is 6.20 Å². The van der Waals surface area contributed by atoms with Crippen LogP contribution in [0.1, 0.15) is 23.1 Å². The molecule has 0 radical (unpaired) electrons. The summed E-state index contributed by atoms with van der Waals surface area (Å²) in [4.78, 5) is 47.3. The van der Waals surface area contributed by atoms with Crippen molar-refractivity contribution in [2.24, 2.45) is 0 Å². The van der Waals surface area contributed by atoms with Gasteiger partial charge in [-0.25, -0.2) is 4.98 Å². The lowest BCUT2D eigenvalue weighted by Crippen LogP contribution is -2.52. The second-order valence-corrected chi connectivity index (χ2v) is 9.70. The molecule has 1 atom stereocenters. The SMILES string of the molecule is CC(=O)Nc1ccccc1-c1cccc(N2CC(N3CCN(C(=O)c4nccs4)CC3)CC2=O)c1. The Hall–Kier alpha value is -3.56. The van der Waals surface area contributed by atoms with Crippen LogP contribution in [0.2, 0.25) is 0 Å². The first-order valence-corrected chi connectivity index (χ1v) is 12.6. The van der Waals surface area contributed by atoms with E-state index in [2.05, 4.69) is 15.2 Å². The van der Waals surface area contributed by atoms with Crippen molar-refractivity contribution in [3.8, 4) is 11.1 Å². The lowest BCUT2D eigenvalue weighted by Gasteiger charge is -2.37. The average Bonchev–Trinajstić information content (AvgIpc) is 3.54. The number of rotatable bonds is 5. The molecule has 0 bridgehead atoms. The zero-order valence-corrected chi connectivity index (χ0v) is 20.3. The Kier molecular flexibility index (Phi) is 6.61. The molecule has 2 saturated heterocycles. The van der Waals surface area contributed by atoms with Crippen LogP contribution in [0.5, 0.6) is 0 Å². The van der Waals surface area contributed by atoms with Crippen LogP contribution in [0.25, 0.3) is 11.1 Å². The molecule has 1 aromatic heterocycles. The second kappa shape index (κ2) is 9.97. The molecule has 2 aliphatic rings. The largest absolute Gasteiger partial charge is 0.334 e. The van der Waals surface area contributed by atoms with Crippen LogP contribution in [-0.4, -0.2) is 71.3 Å². The van der Waals surface area contributed by atoms with Crippen molar-refractivity contribution in [2.75, 3.05) is 42.9 Å². The van der Waals surface area contributed by atoms with Crippen molar-refractivity contribution in [3.05, 3.63) is 65.1 Å². The molecule has 2 aromatic carbocycles. The number of nitrogens with one attached hydrogen (secondary N) is 1. The zero-order chi connectivity index (χ0) is 24.4. The number of carbonyl (C=O) groups is 3. The minimum absolute atomic E-state index is 0.0138. The van der Waals surface area contributed by atoms with Crippen LogP contribution >= 0.6 is 11.3 Å². The minimum atomic E-state index is -0.125. The average molecular weight is 490 g/mol. The van der Waals surface area contributed by atoms with Gasteiger partial charge in [-0.05, 0) is 23.8 Å². The number of hydrogen-bond acceptors (Lipinski definition) is 6. The summed E-state index contributed by atoms with van der Waals surface area (Å²) in [6.07, 6.45) is 2.12. The van der Waals surface area contributed by atoms with E-state index in [9.17, 15) is 14.4 Å². The van der Waals surface area contributed by atoms with Crippen LogP contribution in [0, 0.1) is 0 Å². The third-order valence-electron chi connectivity index (χ3n) is 6.54. The van der Waals surface area contributed by atoms with E-state index in [0.29, 0.717) is 31.1 Å². The van der Waals surface area contributed by atoms with E-state index in [1.165, 1.54) is 18.3 Å². The highest BCUT2D eigenvalue weighted by Crippen LogP contribution is 2.32. The van der Waals surface area contributed by atoms with Crippen molar-refractivity contribution < 1.29 is 14.4 Å². The Bertz CT molecular complexity index is 1240. The van der Waals surface area contributed by atoms with Gasteiger partial charge in [-0.1, -0.05) is 30.3 Å². The molecule has 0 spiro atoms. The summed E-state index contributed by atoms with van der Waals surface area (Å²) in [6.45, 7) is 4.87. The van der Waals surface area contributed by atoms with Gasteiger partial charge in [0.1, 0.15) is 0 Å². The molecule has 0 saturated carbocycles. The number of para-hydroxylation sites is 1. The van der Waals surface area contributed by atoms with Crippen molar-refractivity contribution in [3.63, 3.8) is 0 Å². The van der Waals surface area contributed by atoms with Gasteiger partial charge in [0.2, 0.25) is 11.8 Å². The number of nitrogens with zero attached hydrogens (tertiary/aromatic N) is 4. The number of hydrogen-bond donors (Lipinski definition) is 1. The summed E-state index contributed by atoms with van der Waals surface area (Å²) in [7, 11) is 0. The standard InChI is InChI=1S/C26H27N5O3S/c1-18(32)28-23-8-3-2-7-22(23)19-5-4-6-20(15-19)31-17-21(16-24(31)33)29-10-12-30(13-11-29)26(34)25-27-9-14-35-25/h2-9,14-15,21H,10-13,16-17H2,1H3,(H,28,32). The van der Waals surface area contributed by atoms with Gasteiger partial charge in [-0.3, -0.25) is 19.3 Å². The highest BCUT2D eigenvalue weighted by atomic mass is 32.1. The smallest absolute Gasteiger partial charge is 0.282 e. The summed E-state index contributed by atoms with van der Waals surface area (Å²) >= 11 is 1.36. The van der Waals surface area contributed by atoms with Crippen molar-refractivity contribution in [1.29, 1.82) is 0 Å². The van der Waals surface area contributed by atoms with Gasteiger partial charge >= 0.3 is 0 Å². The molecule has 180 valence electrons. The molecule has 1 unspecified atom stereocenters. The predicted molar refractivity (Wildman–Crippen MR) is 137 cm³/mol. The molecule has 2 aliphatic heterocycles. The van der Waals surface area contributed by atoms with Crippen molar-refractivity contribution >= 4 is 40.4 Å². The molecular weight excluding hydrogens is 462 g/mol. The fraction of sp³-hybridized carbons (Fsp3) is 0.308. The molecule has 8 nitrogen and oxygen atoms in total. The van der Waals surface area contributed by atoms with Gasteiger partial charge in [0.05, 0.1) is 0 Å². The quantitative estimate of drug-likeness (QED) is 0.594. The summed E-state index contributed by atoms with van der Waals surface area (Å²) in [5, 5.41) is 5.23. The number of benzene rings is 2. The summed E-state index contributed by atoms with van der Waals surface area (Å²) < 4.78 is 0. The first kappa shape index (κ1) is 23.2. The third kappa shape index (κ3) is 4.96. The topological polar surface area (TPSA) is 85.8 Å². The third-order valence-corrected chi connectivity index (χ3v) is 7.31. The van der Waals surface area contributed by atoms with Gasteiger partial charge in [-0.2, -0.15) is 0 Å². The molecule has 1 N–H and O–H groups in total. The number of thiazole rings is 1. The summed E-state index contributed by atoms with van der Waals surface area (Å²) in [5.41, 5.74) is 3.45. The van der Waals surface area contributed by atoms with E-state index < -0.39 is 0 Å². The van der Waals surface area contributed by atoms with E-state index in [1.807, 2.05) is 63.7 Å². The Morgan fingerprint density at radius 3 is 2.60 bits per heavy atom. The first-order chi connectivity index (χ1) is 17.0. The van der Waals surface area contributed by atoms with E-state index >= 15 is 0 Å². The first-order valence-electron chi connectivity index (χ1n) is 11.7. The number of amides is 3. The minimum Gasteiger partial charge on any atom is -0.334 e. The second-order valence-electron chi connectivity index (χ2n) is 8.80. The fourth-order valence-corrected chi connectivity index (χ4v) is 5.41. The Balaban J connectivity index is 1.26. The molecule has 3 aromatic rings. The molecule has 35 heavy (non-hydrogen) atoms. The van der Waals surface area contributed by atoms with E-state index in [-0.39, 0.29) is 23.8 Å². The monoisotopic (exact) mass is 489 g/mol. The normalized spacial score (nSPS) is 18.7. The Morgan fingerprint density at radius 1 is 1.06 bits per heavy atom. The summed E-state index contributed by atoms with van der Waals surface area (Å²) in [6, 6.07) is 15.7. The van der Waals surface area contributed by atoms with E-state index in [0.717, 1.165) is 35.6 Å². The maximum Gasteiger partial charge on any atom is 0.282 e. The lowest BCUT2D eigenvalue weighted by atomic mass is 10.0. The molecule has 3 heterocycles. The van der Waals surface area contributed by atoms with Crippen LogP contribution < -0.4 is 10.2 Å². The maximum absolute atomic E-state index is 13.0. The molecule has 5 rings (SSSR count). The Labute approximate surface area is 208 Å². The number of piperazine rings is 1. The predicted octanol–water partition coefficient (Wildman–Crippen LogP) is 3.33. The highest BCUT2D eigenvalue weighted by Gasteiger charge is 2.36. The summed E-state index contributed by atoms with van der Waals surface area (Å²) in [5.74, 6) is -0.0386. The van der Waals surface area contributed by atoms with Crippen LogP contribution in [0.4, 0.5) is 11.4 Å². The molecule has 0 aliphatic carbocycles. The highest BCUT2D eigenvalue weighted by molar-refractivity contribution is 7.11. The van der Waals surface area contributed by atoms with Crippen molar-refractivity contribution in [2.45, 2.75) is 19.4 Å². The molecule has 9 heteroatoms. The van der Waals surface area contributed by atoms with Crippen LogP contribution in [0.3, 0.4) is 0 Å². The molecule has 3 amide bonds. The van der Waals surface area contributed by atoms with Crippen molar-refractivity contribution in [1.82, 2.24) is 14.8 Å². The maximum atomic E-state index is 13.0. The zero-order valence-electron chi connectivity index (χ0n) is 19.5. The number of anilines is 2. The van der Waals surface area contributed by atoms with E-state index in [4.69, 9.17) is 0 Å². The van der Waals surface area contributed by atoms with Crippen LogP contribution in [-0.2, 0) is 9.59 Å². The number of carbonyl (C=O) groups excluding carboxylic acids is 3. The Morgan fingerprint density at radius 2 is 1.86 bits per heavy atom. The van der Waals surface area contributed by atoms with Gasteiger partial charge in [-0.15, -0.1) is 11.3 Å². The van der Waals surface area contributed by atoms with Gasteiger partial charge < -0.3 is 15.1 Å². The number of aromatic nitrogens is 1. The molecular formula is C26H27N5O3S. The van der Waals surface area contributed by atoms with Gasteiger partial charge in [0.25, 0.3) is 5.91 Å². The van der Waals surface area contributed by atoms with Gasteiger partial charge in [0, 0.05) is 80.6 Å². The molecule has 2 fully saturated rings. The fourth-order valence-electron chi connectivity index (χ4n) is 4.81. The van der Waals surface area contributed by atoms with Gasteiger partial charge in [0.15, 0.2) is 5.01 Å². The lowest BCUT2D eigenvalue weighted by molar-refractivity contribution is -0.117. The van der Waals surface area contributed by atoms with Crippen LogP contribution in [0.15, 0.2) is 60.1 Å².